The number of nitrogens with zero attached hydrogens (tertiary/aromatic N) is 2. The third kappa shape index (κ3) is 0.506. The lowest BCUT2D eigenvalue weighted by molar-refractivity contribution is 0.698. The van der Waals surface area contributed by atoms with E-state index in [1.807, 2.05) is 6.21 Å². The fraction of sp³-hybridized carbons (Fsp3) is 0.750. The quantitative estimate of drug-likeness (QED) is 0.400. The standard InChI is InChI=1S/C4H7N2/c1-4-2-5-6-3-4/h2,4H,3H2,1H3. The zero-order chi connectivity index (χ0) is 4.41. The molecule has 0 saturated carbocycles. The van der Waals surface area contributed by atoms with Crippen LogP contribution < -0.4 is 5.43 Å². The summed E-state index contributed by atoms with van der Waals surface area (Å²) in [5.74, 6) is 0.588. The van der Waals surface area contributed by atoms with Gasteiger partial charge in [0.2, 0.25) is 0 Å². The molecule has 2 nitrogen and oxygen atoms in total. The summed E-state index contributed by atoms with van der Waals surface area (Å²) in [5, 5.41) is 3.66. The van der Waals surface area contributed by atoms with Crippen LogP contribution in [0.5, 0.6) is 0 Å². The maximum absolute atomic E-state index is 3.73. The van der Waals surface area contributed by atoms with Gasteiger partial charge in [0.1, 0.15) is 0 Å². The molecule has 33 valence electrons. The molecule has 0 aromatic carbocycles. The smallest absolute Gasteiger partial charge is 0.0678 e. The Labute approximate surface area is 37.2 Å². The largest absolute Gasteiger partial charge is 0.189 e. The van der Waals surface area contributed by atoms with Crippen LogP contribution in [-0.2, 0) is 0 Å². The van der Waals surface area contributed by atoms with Gasteiger partial charge in [-0.2, -0.15) is 10.5 Å². The monoisotopic (exact) mass is 83.1 g/mol. The molecule has 0 amide bonds. The molecule has 1 aliphatic heterocycles. The van der Waals surface area contributed by atoms with E-state index in [9.17, 15) is 0 Å². The molecule has 6 heavy (non-hydrogen) atoms. The lowest BCUT2D eigenvalue weighted by Crippen LogP contribution is -1.99. The van der Waals surface area contributed by atoms with Crippen LogP contribution in [0.15, 0.2) is 5.10 Å². The van der Waals surface area contributed by atoms with Crippen molar-refractivity contribution in [3.63, 3.8) is 0 Å². The van der Waals surface area contributed by atoms with Crippen LogP contribution in [0.2, 0.25) is 0 Å². The maximum atomic E-state index is 3.73. The minimum atomic E-state index is 0.588. The van der Waals surface area contributed by atoms with Crippen LogP contribution >= 0.6 is 0 Å². The Morgan fingerprint density at radius 2 is 2.67 bits per heavy atom. The minimum absolute atomic E-state index is 0.588. The molecule has 0 aromatic rings. The van der Waals surface area contributed by atoms with Crippen molar-refractivity contribution in [3.8, 4) is 0 Å². The summed E-state index contributed by atoms with van der Waals surface area (Å²) in [6.07, 6.45) is 1.86. The molecular formula is C4H7N2. The van der Waals surface area contributed by atoms with E-state index in [0.717, 1.165) is 6.54 Å². The first-order valence-electron chi connectivity index (χ1n) is 2.09. The van der Waals surface area contributed by atoms with E-state index < -0.39 is 0 Å². The molecule has 1 rings (SSSR count). The molecule has 0 saturated heterocycles. The molecule has 1 aliphatic rings. The Hall–Kier alpha value is -0.530. The average Bonchev–Trinajstić information content (AvgIpc) is 1.86. The predicted octanol–water partition coefficient (Wildman–Crippen LogP) is 0.226. The SMILES string of the molecule is CC1C=N[N]C1. The highest BCUT2D eigenvalue weighted by Crippen LogP contribution is 1.92. The van der Waals surface area contributed by atoms with Gasteiger partial charge in [0.25, 0.3) is 0 Å². The summed E-state index contributed by atoms with van der Waals surface area (Å²) < 4.78 is 0. The summed E-state index contributed by atoms with van der Waals surface area (Å²) >= 11 is 0. The van der Waals surface area contributed by atoms with Crippen LogP contribution in [0.1, 0.15) is 6.92 Å². The highest BCUT2D eigenvalue weighted by molar-refractivity contribution is 5.61. The molecule has 1 heterocycles. The topological polar surface area (TPSA) is 26.5 Å². The first-order valence-corrected chi connectivity index (χ1v) is 2.09. The van der Waals surface area contributed by atoms with Gasteiger partial charge in [0.15, 0.2) is 0 Å². The van der Waals surface area contributed by atoms with Crippen molar-refractivity contribution < 1.29 is 0 Å². The van der Waals surface area contributed by atoms with Gasteiger partial charge >= 0.3 is 0 Å². The minimum Gasteiger partial charge on any atom is -0.189 e. The van der Waals surface area contributed by atoms with E-state index in [1.54, 1.807) is 0 Å². The average molecular weight is 83.1 g/mol. The number of hydrogen-bond donors (Lipinski definition) is 0. The van der Waals surface area contributed by atoms with Gasteiger partial charge in [-0.05, 0) is 0 Å². The molecule has 0 aliphatic carbocycles. The molecule has 0 fully saturated rings. The summed E-state index contributed by atoms with van der Waals surface area (Å²) in [6.45, 7) is 2.99. The lowest BCUT2D eigenvalue weighted by atomic mass is 10.2. The van der Waals surface area contributed by atoms with Crippen molar-refractivity contribution in [2.24, 2.45) is 11.0 Å². The van der Waals surface area contributed by atoms with Crippen LogP contribution in [0, 0.1) is 5.92 Å². The van der Waals surface area contributed by atoms with Crippen molar-refractivity contribution in [3.05, 3.63) is 0 Å². The van der Waals surface area contributed by atoms with Gasteiger partial charge in [-0.25, -0.2) is 0 Å². The fourth-order valence-electron chi connectivity index (χ4n) is 0.384. The van der Waals surface area contributed by atoms with E-state index >= 15 is 0 Å². The van der Waals surface area contributed by atoms with E-state index in [1.165, 1.54) is 0 Å². The number of hydrogen-bond acceptors (Lipinski definition) is 1. The van der Waals surface area contributed by atoms with Crippen LogP contribution in [0.3, 0.4) is 0 Å². The van der Waals surface area contributed by atoms with Crippen LogP contribution in [0.25, 0.3) is 0 Å². The highest BCUT2D eigenvalue weighted by atomic mass is 15.3. The summed E-state index contributed by atoms with van der Waals surface area (Å²) in [7, 11) is 0. The van der Waals surface area contributed by atoms with E-state index in [2.05, 4.69) is 17.5 Å². The van der Waals surface area contributed by atoms with Gasteiger partial charge in [0.05, 0.1) is 6.54 Å². The third-order valence-corrected chi connectivity index (χ3v) is 0.772. The van der Waals surface area contributed by atoms with Gasteiger partial charge < -0.3 is 0 Å². The maximum Gasteiger partial charge on any atom is 0.0678 e. The second-order valence-corrected chi connectivity index (χ2v) is 1.57. The van der Waals surface area contributed by atoms with E-state index in [4.69, 9.17) is 0 Å². The van der Waals surface area contributed by atoms with Crippen LogP contribution in [0.4, 0.5) is 0 Å². The summed E-state index contributed by atoms with van der Waals surface area (Å²) in [6, 6.07) is 0. The molecular weight excluding hydrogens is 76.1 g/mol. The van der Waals surface area contributed by atoms with Crippen molar-refractivity contribution in [2.45, 2.75) is 6.92 Å². The lowest BCUT2D eigenvalue weighted by Gasteiger charge is -1.85. The first-order chi connectivity index (χ1) is 2.89. The van der Waals surface area contributed by atoms with Crippen molar-refractivity contribution in [2.75, 3.05) is 6.54 Å². The van der Waals surface area contributed by atoms with Gasteiger partial charge in [-0.1, -0.05) is 6.92 Å². The molecule has 2 heteroatoms. The van der Waals surface area contributed by atoms with Gasteiger partial charge in [-0.15, -0.1) is 0 Å². The molecule has 0 spiro atoms. The van der Waals surface area contributed by atoms with Crippen molar-refractivity contribution in [1.82, 2.24) is 5.43 Å². The molecule has 1 unspecified atom stereocenters. The molecule has 0 aromatic heterocycles. The molecule has 0 bridgehead atoms. The Bertz CT molecular complexity index is 67.9. The Kier molecular flexibility index (Phi) is 0.783. The molecule has 1 radical (unpaired) electrons. The molecule has 0 N–H and O–H groups in total. The third-order valence-electron chi connectivity index (χ3n) is 0.772. The van der Waals surface area contributed by atoms with E-state index in [-0.39, 0.29) is 0 Å². The van der Waals surface area contributed by atoms with Gasteiger partial charge in [-0.3, -0.25) is 0 Å². The summed E-state index contributed by atoms with van der Waals surface area (Å²) in [5.41, 5.74) is 3.73. The van der Waals surface area contributed by atoms with Crippen molar-refractivity contribution >= 4 is 6.21 Å². The zero-order valence-corrected chi connectivity index (χ0v) is 3.76. The predicted molar refractivity (Wildman–Crippen MR) is 24.7 cm³/mol. The Balaban J connectivity index is 2.38. The van der Waals surface area contributed by atoms with Crippen molar-refractivity contribution in [1.29, 1.82) is 0 Å². The first kappa shape index (κ1) is 3.65. The van der Waals surface area contributed by atoms with E-state index in [0.29, 0.717) is 5.92 Å². The van der Waals surface area contributed by atoms with Gasteiger partial charge in [0, 0.05) is 12.1 Å². The Morgan fingerprint density at radius 1 is 1.83 bits per heavy atom. The normalized spacial score (nSPS) is 30.5. The highest BCUT2D eigenvalue weighted by Gasteiger charge is 2.01. The second kappa shape index (κ2) is 1.29. The zero-order valence-electron chi connectivity index (χ0n) is 3.76. The fourth-order valence-corrected chi connectivity index (χ4v) is 0.384. The molecule has 1 atom stereocenters. The van der Waals surface area contributed by atoms with Crippen LogP contribution in [-0.4, -0.2) is 12.8 Å². The number of rotatable bonds is 0. The second-order valence-electron chi connectivity index (χ2n) is 1.57. The Morgan fingerprint density at radius 3 is 2.83 bits per heavy atom. The summed E-state index contributed by atoms with van der Waals surface area (Å²) in [4.78, 5) is 0.